The van der Waals surface area contributed by atoms with Crippen molar-refractivity contribution < 1.29 is 0 Å². The zero-order chi connectivity index (χ0) is 13.2. The second-order valence-electron chi connectivity index (χ2n) is 4.98. The minimum atomic E-state index is 0.799. The zero-order valence-electron chi connectivity index (χ0n) is 11.3. The van der Waals surface area contributed by atoms with E-state index in [1.807, 2.05) is 13.8 Å². The second-order valence-corrected chi connectivity index (χ2v) is 7.25. The molecular weight excluding hydrogens is 276 g/mol. The molecule has 0 amide bonds. The lowest BCUT2D eigenvalue weighted by Crippen LogP contribution is -2.17. The number of rotatable bonds is 6. The largest absolute Gasteiger partial charge is 0.314 e. The van der Waals surface area contributed by atoms with Gasteiger partial charge in [0.05, 0.1) is 15.6 Å². The number of hydrogen-bond donors (Lipinski definition) is 1. The molecule has 1 aliphatic rings. The Bertz CT molecular complexity index is 557. The van der Waals surface area contributed by atoms with E-state index in [9.17, 15) is 0 Å². The zero-order valence-corrected chi connectivity index (χ0v) is 12.9. The van der Waals surface area contributed by atoms with Gasteiger partial charge in [-0.05, 0) is 39.7 Å². The highest BCUT2D eigenvalue weighted by atomic mass is 32.1. The highest BCUT2D eigenvalue weighted by molar-refractivity contribution is 7.21. The van der Waals surface area contributed by atoms with Gasteiger partial charge in [-0.1, -0.05) is 11.3 Å². The van der Waals surface area contributed by atoms with Gasteiger partial charge in [0.1, 0.15) is 5.01 Å². The van der Waals surface area contributed by atoms with Crippen LogP contribution in [0.2, 0.25) is 0 Å². The average molecular weight is 294 g/mol. The maximum Gasteiger partial charge on any atom is 0.159 e. The molecule has 1 fully saturated rings. The number of thiazole rings is 1. The summed E-state index contributed by atoms with van der Waals surface area (Å²) in [5, 5.41) is 15.4. The van der Waals surface area contributed by atoms with E-state index in [1.54, 1.807) is 22.7 Å². The summed E-state index contributed by atoms with van der Waals surface area (Å²) in [6.07, 6.45) is 4.87. The molecule has 0 bridgehead atoms. The topological polar surface area (TPSA) is 50.7 Å². The van der Waals surface area contributed by atoms with Crippen molar-refractivity contribution in [1.82, 2.24) is 20.5 Å². The van der Waals surface area contributed by atoms with E-state index in [4.69, 9.17) is 0 Å². The molecular formula is C13H18N4S2. The van der Waals surface area contributed by atoms with Crippen LogP contribution < -0.4 is 5.32 Å². The minimum absolute atomic E-state index is 0.799. The highest BCUT2D eigenvalue weighted by Crippen LogP contribution is 2.32. The predicted molar refractivity (Wildman–Crippen MR) is 79.8 cm³/mol. The van der Waals surface area contributed by atoms with Crippen LogP contribution in [-0.2, 0) is 6.42 Å². The Hall–Kier alpha value is -0.850. The Morgan fingerprint density at radius 1 is 1.21 bits per heavy atom. The number of nitrogens with one attached hydrogen (secondary N) is 1. The van der Waals surface area contributed by atoms with Crippen molar-refractivity contribution in [3.63, 3.8) is 0 Å². The van der Waals surface area contributed by atoms with Crippen molar-refractivity contribution in [1.29, 1.82) is 0 Å². The van der Waals surface area contributed by atoms with Crippen LogP contribution in [0.4, 0.5) is 0 Å². The van der Waals surface area contributed by atoms with Gasteiger partial charge in [-0.3, -0.25) is 0 Å². The first kappa shape index (κ1) is 13.1. The Morgan fingerprint density at radius 2 is 2.05 bits per heavy atom. The SMILES string of the molecule is Cc1nc(C)c(-c2nnc(CCCNC3CC3)s2)s1. The third-order valence-corrected chi connectivity index (χ3v) is 5.35. The normalized spacial score (nSPS) is 15.1. The Labute approximate surface area is 121 Å². The summed E-state index contributed by atoms with van der Waals surface area (Å²) < 4.78 is 0. The maximum atomic E-state index is 4.45. The summed E-state index contributed by atoms with van der Waals surface area (Å²) in [5.41, 5.74) is 1.07. The lowest BCUT2D eigenvalue weighted by atomic mass is 10.3. The Balaban J connectivity index is 1.57. The van der Waals surface area contributed by atoms with Crippen molar-refractivity contribution in [2.75, 3.05) is 6.54 Å². The van der Waals surface area contributed by atoms with Crippen LogP contribution in [0.25, 0.3) is 9.88 Å². The van der Waals surface area contributed by atoms with Crippen LogP contribution in [0.15, 0.2) is 0 Å². The van der Waals surface area contributed by atoms with Gasteiger partial charge in [-0.25, -0.2) is 4.98 Å². The van der Waals surface area contributed by atoms with Gasteiger partial charge in [0.15, 0.2) is 5.01 Å². The molecule has 0 aromatic carbocycles. The lowest BCUT2D eigenvalue weighted by molar-refractivity contribution is 0.643. The lowest BCUT2D eigenvalue weighted by Gasteiger charge is -1.99. The molecule has 1 N–H and O–H groups in total. The van der Waals surface area contributed by atoms with Gasteiger partial charge in [-0.15, -0.1) is 21.5 Å². The van der Waals surface area contributed by atoms with Gasteiger partial charge in [-0.2, -0.15) is 0 Å². The van der Waals surface area contributed by atoms with Crippen LogP contribution >= 0.6 is 22.7 Å². The van der Waals surface area contributed by atoms with Crippen molar-refractivity contribution in [2.24, 2.45) is 0 Å². The minimum Gasteiger partial charge on any atom is -0.314 e. The summed E-state index contributed by atoms with van der Waals surface area (Å²) >= 11 is 3.41. The monoisotopic (exact) mass is 294 g/mol. The molecule has 0 spiro atoms. The molecule has 2 aromatic rings. The smallest absolute Gasteiger partial charge is 0.159 e. The first-order valence-corrected chi connectivity index (χ1v) is 8.36. The molecule has 4 nitrogen and oxygen atoms in total. The predicted octanol–water partition coefficient (Wildman–Crippen LogP) is 2.96. The molecule has 2 heterocycles. The molecule has 0 atom stereocenters. The van der Waals surface area contributed by atoms with Crippen LogP contribution in [0.3, 0.4) is 0 Å². The van der Waals surface area contributed by atoms with E-state index < -0.39 is 0 Å². The quantitative estimate of drug-likeness (QED) is 0.832. The van der Waals surface area contributed by atoms with E-state index >= 15 is 0 Å². The second kappa shape index (κ2) is 5.64. The molecule has 102 valence electrons. The summed E-state index contributed by atoms with van der Waals surface area (Å²) in [5.74, 6) is 0. The summed E-state index contributed by atoms with van der Waals surface area (Å²) in [4.78, 5) is 5.62. The number of hydrogen-bond acceptors (Lipinski definition) is 6. The molecule has 1 saturated carbocycles. The van der Waals surface area contributed by atoms with Crippen LogP contribution in [0.1, 0.15) is 35.0 Å². The van der Waals surface area contributed by atoms with E-state index in [-0.39, 0.29) is 0 Å². The first-order valence-electron chi connectivity index (χ1n) is 6.72. The fourth-order valence-electron chi connectivity index (χ4n) is 2.01. The Morgan fingerprint density at radius 3 is 2.74 bits per heavy atom. The molecule has 2 aromatic heterocycles. The van der Waals surface area contributed by atoms with Crippen molar-refractivity contribution >= 4 is 22.7 Å². The summed E-state index contributed by atoms with van der Waals surface area (Å²) in [6, 6.07) is 0.799. The van der Waals surface area contributed by atoms with Gasteiger partial charge < -0.3 is 5.32 Å². The Kier molecular flexibility index (Phi) is 3.91. The first-order chi connectivity index (χ1) is 9.22. The molecule has 0 unspecified atom stereocenters. The molecule has 3 rings (SSSR count). The van der Waals surface area contributed by atoms with Gasteiger partial charge in [0, 0.05) is 12.5 Å². The number of aromatic nitrogens is 3. The molecule has 19 heavy (non-hydrogen) atoms. The van der Waals surface area contributed by atoms with Crippen molar-refractivity contribution in [3.8, 4) is 9.88 Å². The summed E-state index contributed by atoms with van der Waals surface area (Å²) in [7, 11) is 0. The van der Waals surface area contributed by atoms with Crippen LogP contribution in [0, 0.1) is 13.8 Å². The van der Waals surface area contributed by atoms with Crippen molar-refractivity contribution in [2.45, 2.75) is 45.6 Å². The van der Waals surface area contributed by atoms with E-state index in [1.165, 1.54) is 17.7 Å². The van der Waals surface area contributed by atoms with E-state index in [0.29, 0.717) is 0 Å². The van der Waals surface area contributed by atoms with Crippen LogP contribution in [-0.4, -0.2) is 27.8 Å². The van der Waals surface area contributed by atoms with Gasteiger partial charge >= 0.3 is 0 Å². The highest BCUT2D eigenvalue weighted by Gasteiger charge is 2.19. The maximum absolute atomic E-state index is 4.45. The van der Waals surface area contributed by atoms with E-state index in [0.717, 1.165) is 46.1 Å². The standard InChI is InChI=1S/C13H18N4S2/c1-8-12(18-9(2)15-8)13-17-16-11(19-13)4-3-7-14-10-5-6-10/h10,14H,3-7H2,1-2H3. The molecule has 0 aliphatic heterocycles. The molecule has 6 heteroatoms. The van der Waals surface area contributed by atoms with Crippen molar-refractivity contribution in [3.05, 3.63) is 15.7 Å². The molecule has 0 radical (unpaired) electrons. The average Bonchev–Trinajstić information content (AvgIpc) is 2.98. The fraction of sp³-hybridized carbons (Fsp3) is 0.615. The third-order valence-electron chi connectivity index (χ3n) is 3.14. The fourth-order valence-corrected chi connectivity index (χ4v) is 3.93. The molecule has 0 saturated heterocycles. The number of aryl methyl sites for hydroxylation is 3. The van der Waals surface area contributed by atoms with Crippen LogP contribution in [0.5, 0.6) is 0 Å². The number of nitrogens with zero attached hydrogens (tertiary/aromatic N) is 3. The van der Waals surface area contributed by atoms with Gasteiger partial charge in [0.2, 0.25) is 0 Å². The van der Waals surface area contributed by atoms with Gasteiger partial charge in [0.25, 0.3) is 0 Å². The molecule has 1 aliphatic carbocycles. The van der Waals surface area contributed by atoms with E-state index in [2.05, 4.69) is 20.5 Å². The third kappa shape index (κ3) is 3.38. The summed E-state index contributed by atoms with van der Waals surface area (Å²) in [6.45, 7) is 5.17.